The monoisotopic (exact) mass is 1180 g/mol. The van der Waals surface area contributed by atoms with Gasteiger partial charge in [-0.3, -0.25) is 0 Å². The lowest BCUT2D eigenvalue weighted by molar-refractivity contribution is 0.176. The molecule has 0 aliphatic carbocycles. The molecular formula is C46H59Br4ClN12O3. The summed E-state index contributed by atoms with van der Waals surface area (Å²) in [6.07, 6.45) is 12.7. The predicted molar refractivity (Wildman–Crippen MR) is 280 cm³/mol. The van der Waals surface area contributed by atoms with E-state index in [9.17, 15) is 14.7 Å². The van der Waals surface area contributed by atoms with Gasteiger partial charge in [-0.25, -0.2) is 28.6 Å². The lowest BCUT2D eigenvalue weighted by Gasteiger charge is -2.27. The Labute approximate surface area is 426 Å². The second-order valence-electron chi connectivity index (χ2n) is 16.1. The molecule has 0 saturated carbocycles. The lowest BCUT2D eigenvalue weighted by Crippen LogP contribution is -2.33. The van der Waals surface area contributed by atoms with Crippen LogP contribution >= 0.6 is 75.3 Å². The van der Waals surface area contributed by atoms with Gasteiger partial charge in [-0.15, -0.1) is 0 Å². The number of carbonyl (C=O) groups is 2. The summed E-state index contributed by atoms with van der Waals surface area (Å²) in [5.41, 5.74) is 4.91. The number of nitrogens with zero attached hydrogens (tertiary/aromatic N) is 9. The number of rotatable bonds is 5. The van der Waals surface area contributed by atoms with Gasteiger partial charge in [0.2, 0.25) is 0 Å². The molecule has 4 saturated heterocycles. The highest BCUT2D eigenvalue weighted by atomic mass is 79.9. The third kappa shape index (κ3) is 12.6. The SMILES string of the molecule is Brc1ccc(Br)c(C2CCCN2)c1.C.C.C.C[C@H]1CCN(C(=O)Nc2cnn3ccc(N4CCCC4c4cc(Br)ccc4Br)nc23)C1.O=C(Nc1cnn2ccc(Cl)nc12)N1CC[C@H](O)C1. The predicted octanol–water partition coefficient (Wildman–Crippen LogP) is 12.0. The van der Waals surface area contributed by atoms with E-state index in [1.807, 2.05) is 23.2 Å². The third-order valence-electron chi connectivity index (χ3n) is 11.6. The fraction of sp³-hybridized carbons (Fsp3) is 0.435. The van der Waals surface area contributed by atoms with Crippen molar-refractivity contribution >= 4 is 116 Å². The van der Waals surface area contributed by atoms with Gasteiger partial charge < -0.3 is 35.8 Å². The van der Waals surface area contributed by atoms with Gasteiger partial charge in [0.05, 0.1) is 24.5 Å². The van der Waals surface area contributed by atoms with Gasteiger partial charge in [-0.1, -0.05) is 105 Å². The smallest absolute Gasteiger partial charge is 0.322 e. The molecule has 20 heteroatoms. The highest BCUT2D eigenvalue weighted by molar-refractivity contribution is 9.11. The van der Waals surface area contributed by atoms with Crippen molar-refractivity contribution in [2.24, 2.45) is 5.92 Å². The zero-order valence-electron chi connectivity index (χ0n) is 34.4. The summed E-state index contributed by atoms with van der Waals surface area (Å²) in [7, 11) is 0. The quantitative estimate of drug-likeness (QED) is 0.123. The van der Waals surface area contributed by atoms with E-state index >= 15 is 0 Å². The number of halogens is 5. The molecule has 4 aliphatic heterocycles. The zero-order chi connectivity index (χ0) is 44.2. The Bertz CT molecular complexity index is 2590. The minimum absolute atomic E-state index is 0. The van der Waals surface area contributed by atoms with Crippen molar-refractivity contribution < 1.29 is 14.7 Å². The Morgan fingerprint density at radius 3 is 1.91 bits per heavy atom. The Hall–Kier alpha value is -3.85. The molecule has 0 bridgehead atoms. The molecule has 4 fully saturated rings. The van der Waals surface area contributed by atoms with Crippen LogP contribution in [0, 0.1) is 5.92 Å². The summed E-state index contributed by atoms with van der Waals surface area (Å²) in [4.78, 5) is 39.4. The van der Waals surface area contributed by atoms with E-state index in [0.29, 0.717) is 59.3 Å². The lowest BCUT2D eigenvalue weighted by atomic mass is 10.0. The van der Waals surface area contributed by atoms with Gasteiger partial charge in [0, 0.05) is 69.1 Å². The highest BCUT2D eigenvalue weighted by Crippen LogP contribution is 2.40. The van der Waals surface area contributed by atoms with E-state index in [4.69, 9.17) is 16.6 Å². The van der Waals surface area contributed by atoms with Gasteiger partial charge in [-0.2, -0.15) is 10.2 Å². The summed E-state index contributed by atoms with van der Waals surface area (Å²) in [5, 5.41) is 27.4. The van der Waals surface area contributed by atoms with E-state index < -0.39 is 6.10 Å². The second kappa shape index (κ2) is 23.9. The number of aliphatic hydroxyl groups excluding tert-OH is 1. The molecule has 0 spiro atoms. The topological polar surface area (TPSA) is 161 Å². The van der Waals surface area contributed by atoms with Crippen molar-refractivity contribution in [3.05, 3.63) is 107 Å². The van der Waals surface area contributed by atoms with Gasteiger partial charge in [0.15, 0.2) is 11.3 Å². The minimum atomic E-state index is -0.442. The van der Waals surface area contributed by atoms with Crippen LogP contribution in [0.4, 0.5) is 26.8 Å². The fourth-order valence-corrected chi connectivity index (χ4v) is 10.3. The maximum absolute atomic E-state index is 12.7. The maximum atomic E-state index is 12.7. The molecular weight excluding hydrogens is 1120 g/mol. The number of fused-ring (bicyclic) bond motifs is 2. The first-order valence-electron chi connectivity index (χ1n) is 20.9. The van der Waals surface area contributed by atoms with Crippen LogP contribution in [0.3, 0.4) is 0 Å². The van der Waals surface area contributed by atoms with Gasteiger partial charge >= 0.3 is 12.1 Å². The van der Waals surface area contributed by atoms with Crippen molar-refractivity contribution in [1.29, 1.82) is 0 Å². The Morgan fingerprint density at radius 2 is 1.32 bits per heavy atom. The molecule has 6 aromatic rings. The molecule has 2 unspecified atom stereocenters. The van der Waals surface area contributed by atoms with Crippen molar-refractivity contribution in [3.63, 3.8) is 0 Å². The van der Waals surface area contributed by atoms with Crippen LogP contribution in [0.25, 0.3) is 11.3 Å². The number of aromatic nitrogens is 6. The molecule has 15 nitrogen and oxygen atoms in total. The number of hydrogen-bond acceptors (Lipinski definition) is 9. The van der Waals surface area contributed by atoms with Crippen molar-refractivity contribution in [1.82, 2.24) is 44.3 Å². The number of benzene rings is 2. The average Bonchev–Trinajstić information content (AvgIpc) is 4.14. The molecule has 4 aromatic heterocycles. The summed E-state index contributed by atoms with van der Waals surface area (Å²) < 4.78 is 7.77. The molecule has 2 aromatic carbocycles. The number of nitrogens with one attached hydrogen (secondary N) is 3. The van der Waals surface area contributed by atoms with Crippen LogP contribution in [-0.2, 0) is 0 Å². The summed E-state index contributed by atoms with van der Waals surface area (Å²) in [6.45, 7) is 6.73. The normalized spacial score (nSPS) is 19.8. The molecule has 4 aliphatic rings. The maximum Gasteiger partial charge on any atom is 0.322 e. The van der Waals surface area contributed by atoms with Crippen molar-refractivity contribution in [3.8, 4) is 0 Å². The van der Waals surface area contributed by atoms with Crippen LogP contribution in [0.2, 0.25) is 5.15 Å². The first-order chi connectivity index (χ1) is 30.4. The summed E-state index contributed by atoms with van der Waals surface area (Å²) in [6, 6.07) is 16.7. The van der Waals surface area contributed by atoms with E-state index in [1.165, 1.54) is 39.2 Å². The van der Waals surface area contributed by atoms with Crippen molar-refractivity contribution in [2.45, 2.75) is 85.9 Å². The largest absolute Gasteiger partial charge is 0.391 e. The number of urea groups is 2. The summed E-state index contributed by atoms with van der Waals surface area (Å²) >= 11 is 20.2. The van der Waals surface area contributed by atoms with Gasteiger partial charge in [0.25, 0.3) is 0 Å². The van der Waals surface area contributed by atoms with Gasteiger partial charge in [-0.05, 0) is 111 Å². The number of aliphatic hydroxyl groups is 1. The standard InChI is InChI=1S/C22H24Br2N6O.C11H12ClN5O2.C10H11Br2N.3CH4/c1-14-6-9-28(13-14)22(31)26-18-12-25-30-10-7-20(27-21(18)30)29-8-2-3-19(29)16-11-15(23)4-5-17(16)24;12-9-2-4-17-10(15-9)8(5-13-17)14-11(19)16-3-1-7(18)6-16;11-7-3-4-9(12)8(6-7)10-2-1-5-13-10;;;/h4-5,7,10-12,14,19H,2-3,6,8-9,13H2,1H3,(H,26,31);2,4-5,7,18H,1,3,6H2,(H,14,19);3-4,6,10,13H,1-2,5H2;3*1H4/t14-,19?;7-;;;;/m00..../s1. The number of carbonyl (C=O) groups excluding carboxylic acids is 2. The van der Waals surface area contributed by atoms with Crippen molar-refractivity contribution in [2.75, 3.05) is 54.8 Å². The number of β-amino-alcohol motifs (C(OH)–C–C–N with tert-alkyl or cyclic N) is 1. The van der Waals surface area contributed by atoms with Crippen LogP contribution in [0.15, 0.2) is 91.2 Å². The first kappa shape index (κ1) is 53.1. The van der Waals surface area contributed by atoms with E-state index in [1.54, 1.807) is 27.9 Å². The number of amides is 4. The second-order valence-corrected chi connectivity index (χ2v) is 20.0. The number of anilines is 3. The van der Waals surface area contributed by atoms with Crippen LogP contribution in [0.1, 0.15) is 90.9 Å². The molecule has 66 heavy (non-hydrogen) atoms. The molecule has 356 valence electrons. The summed E-state index contributed by atoms with van der Waals surface area (Å²) in [5.74, 6) is 1.44. The molecule has 10 rings (SSSR count). The molecule has 4 atom stereocenters. The molecule has 8 heterocycles. The van der Waals surface area contributed by atoms with E-state index in [2.05, 4.69) is 137 Å². The number of hydrogen-bond donors (Lipinski definition) is 4. The molecule has 0 radical (unpaired) electrons. The van der Waals surface area contributed by atoms with Crippen LogP contribution < -0.4 is 20.9 Å². The molecule has 4 N–H and O–H groups in total. The minimum Gasteiger partial charge on any atom is -0.391 e. The van der Waals surface area contributed by atoms with E-state index in [0.717, 1.165) is 64.7 Å². The van der Waals surface area contributed by atoms with Crippen LogP contribution in [0.5, 0.6) is 0 Å². The van der Waals surface area contributed by atoms with E-state index in [-0.39, 0.29) is 40.4 Å². The van der Waals surface area contributed by atoms with Crippen LogP contribution in [-0.4, -0.2) is 102 Å². The highest BCUT2D eigenvalue weighted by Gasteiger charge is 2.30. The first-order valence-corrected chi connectivity index (χ1v) is 24.5. The zero-order valence-corrected chi connectivity index (χ0v) is 41.5. The fourth-order valence-electron chi connectivity index (χ4n) is 8.34. The third-order valence-corrected chi connectivity index (χ3v) is 14.2. The Balaban J connectivity index is 0.000000200. The Morgan fingerprint density at radius 1 is 0.727 bits per heavy atom. The molecule has 4 amide bonds. The number of likely N-dealkylation sites (tertiary alicyclic amines) is 2. The average molecular weight is 1180 g/mol. The van der Waals surface area contributed by atoms with Gasteiger partial charge in [0.1, 0.15) is 22.3 Å². The Kier molecular flexibility index (Phi) is 19.3.